The van der Waals surface area contributed by atoms with Gasteiger partial charge in [0.25, 0.3) is 0 Å². The zero-order valence-electron chi connectivity index (χ0n) is 16.9. The van der Waals surface area contributed by atoms with Crippen LogP contribution in [0.1, 0.15) is 46.0 Å². The van der Waals surface area contributed by atoms with E-state index in [0.29, 0.717) is 23.7 Å². The lowest BCUT2D eigenvalue weighted by atomic mass is 9.80. The molecule has 0 heterocycles. The summed E-state index contributed by atoms with van der Waals surface area (Å²) in [4.78, 5) is 26.1. The van der Waals surface area contributed by atoms with Crippen molar-refractivity contribution in [1.29, 1.82) is 0 Å². The fourth-order valence-corrected chi connectivity index (χ4v) is 3.73. The third-order valence-electron chi connectivity index (χ3n) is 5.41. The Bertz CT molecular complexity index is 657. The molecule has 0 spiro atoms. The Morgan fingerprint density at radius 3 is 2.48 bits per heavy atom. The molecule has 0 unspecified atom stereocenters. The highest BCUT2D eigenvalue weighted by Gasteiger charge is 2.35. The molecule has 7 heteroatoms. The summed E-state index contributed by atoms with van der Waals surface area (Å²) in [5, 5.41) is 8.59. The molecule has 2 rings (SSSR count). The number of methoxy groups -OCH3 is 1. The SMILES string of the molecule is CCN(C)C1(CNC(=O)Nc2ccc(OC)c(NC(C)=O)c2)CCCCC1. The van der Waals surface area contributed by atoms with E-state index in [1.165, 1.54) is 33.3 Å². The summed E-state index contributed by atoms with van der Waals surface area (Å²) in [6, 6.07) is 4.91. The second-order valence-corrected chi connectivity index (χ2v) is 7.20. The van der Waals surface area contributed by atoms with Crippen molar-refractivity contribution < 1.29 is 14.3 Å². The fourth-order valence-electron chi connectivity index (χ4n) is 3.73. The van der Waals surface area contributed by atoms with Gasteiger partial charge in [-0.3, -0.25) is 9.69 Å². The van der Waals surface area contributed by atoms with Gasteiger partial charge in [0.05, 0.1) is 12.8 Å². The summed E-state index contributed by atoms with van der Waals surface area (Å²) in [6.45, 7) is 5.16. The quantitative estimate of drug-likeness (QED) is 0.681. The van der Waals surface area contributed by atoms with Crippen molar-refractivity contribution in [2.45, 2.75) is 51.5 Å². The monoisotopic (exact) mass is 376 g/mol. The molecule has 0 saturated heterocycles. The van der Waals surface area contributed by atoms with E-state index in [0.717, 1.165) is 19.4 Å². The number of carbonyl (C=O) groups is 2. The number of hydrogen-bond acceptors (Lipinski definition) is 4. The Balaban J connectivity index is 2.01. The van der Waals surface area contributed by atoms with Crippen molar-refractivity contribution in [2.75, 3.05) is 37.9 Å². The molecule has 1 aromatic carbocycles. The molecule has 1 fully saturated rings. The number of amides is 3. The topological polar surface area (TPSA) is 82.7 Å². The normalized spacial score (nSPS) is 15.9. The molecular formula is C20H32N4O3. The number of benzene rings is 1. The van der Waals surface area contributed by atoms with Crippen LogP contribution in [0, 0.1) is 0 Å². The van der Waals surface area contributed by atoms with Crippen LogP contribution < -0.4 is 20.7 Å². The van der Waals surface area contributed by atoms with Gasteiger partial charge in [0.15, 0.2) is 0 Å². The summed E-state index contributed by atoms with van der Waals surface area (Å²) in [5.74, 6) is 0.346. The molecule has 3 amide bonds. The van der Waals surface area contributed by atoms with Crippen LogP contribution in [0.5, 0.6) is 5.75 Å². The van der Waals surface area contributed by atoms with Crippen LogP contribution in [0.2, 0.25) is 0 Å². The average molecular weight is 377 g/mol. The molecule has 0 bridgehead atoms. The number of hydrogen-bond donors (Lipinski definition) is 3. The van der Waals surface area contributed by atoms with Gasteiger partial charge in [0, 0.05) is 24.7 Å². The summed E-state index contributed by atoms with van der Waals surface area (Å²) >= 11 is 0. The van der Waals surface area contributed by atoms with Crippen LogP contribution in [-0.2, 0) is 4.79 Å². The Labute approximate surface area is 161 Å². The molecule has 7 nitrogen and oxygen atoms in total. The smallest absolute Gasteiger partial charge is 0.319 e. The predicted molar refractivity (Wildman–Crippen MR) is 108 cm³/mol. The Kier molecular flexibility index (Phi) is 7.47. The molecule has 1 aromatic rings. The molecule has 0 aliphatic heterocycles. The zero-order chi connectivity index (χ0) is 19.9. The standard InChI is InChI=1S/C20H32N4O3/c1-5-24(3)20(11-7-6-8-12-20)14-21-19(26)23-16-9-10-18(27-4)17(13-16)22-15(2)25/h9-10,13H,5-8,11-12,14H2,1-4H3,(H,22,25)(H2,21,23,26). The molecular weight excluding hydrogens is 344 g/mol. The lowest BCUT2D eigenvalue weighted by Crippen LogP contribution is -2.55. The van der Waals surface area contributed by atoms with Gasteiger partial charge in [-0.1, -0.05) is 26.2 Å². The first-order chi connectivity index (χ1) is 12.9. The lowest BCUT2D eigenvalue weighted by molar-refractivity contribution is -0.114. The second kappa shape index (κ2) is 9.60. The number of rotatable bonds is 7. The van der Waals surface area contributed by atoms with Crippen molar-refractivity contribution >= 4 is 23.3 Å². The first-order valence-electron chi connectivity index (χ1n) is 9.62. The second-order valence-electron chi connectivity index (χ2n) is 7.20. The third kappa shape index (κ3) is 5.60. The minimum atomic E-state index is -0.247. The fraction of sp³-hybridized carbons (Fsp3) is 0.600. The van der Waals surface area contributed by atoms with Crippen molar-refractivity contribution in [3.63, 3.8) is 0 Å². The summed E-state index contributed by atoms with van der Waals surface area (Å²) in [5.41, 5.74) is 1.15. The third-order valence-corrected chi connectivity index (χ3v) is 5.41. The average Bonchev–Trinajstić information content (AvgIpc) is 2.66. The maximum Gasteiger partial charge on any atom is 0.319 e. The molecule has 3 N–H and O–H groups in total. The van der Waals surface area contributed by atoms with E-state index in [9.17, 15) is 9.59 Å². The number of urea groups is 1. The van der Waals surface area contributed by atoms with Gasteiger partial charge < -0.3 is 20.7 Å². The van der Waals surface area contributed by atoms with Gasteiger partial charge in [0.1, 0.15) is 5.75 Å². The minimum Gasteiger partial charge on any atom is -0.495 e. The Morgan fingerprint density at radius 2 is 1.89 bits per heavy atom. The molecule has 1 saturated carbocycles. The van der Waals surface area contributed by atoms with Crippen LogP contribution >= 0.6 is 0 Å². The highest BCUT2D eigenvalue weighted by Crippen LogP contribution is 2.32. The Hall–Kier alpha value is -2.28. The summed E-state index contributed by atoms with van der Waals surface area (Å²) in [7, 11) is 3.67. The number of carbonyl (C=O) groups excluding carboxylic acids is 2. The molecule has 150 valence electrons. The molecule has 27 heavy (non-hydrogen) atoms. The predicted octanol–water partition coefficient (Wildman–Crippen LogP) is 3.43. The van der Waals surface area contributed by atoms with E-state index in [1.807, 2.05) is 0 Å². The summed E-state index contributed by atoms with van der Waals surface area (Å²) in [6.07, 6.45) is 5.88. The van der Waals surface area contributed by atoms with Crippen LogP contribution in [-0.4, -0.2) is 49.6 Å². The molecule has 0 aromatic heterocycles. The van der Waals surface area contributed by atoms with Gasteiger partial charge in [-0.25, -0.2) is 4.79 Å². The highest BCUT2D eigenvalue weighted by molar-refractivity contribution is 5.94. The van der Waals surface area contributed by atoms with E-state index in [1.54, 1.807) is 18.2 Å². The molecule has 0 radical (unpaired) electrons. The molecule has 1 aliphatic rings. The minimum absolute atomic E-state index is 0.0333. The maximum absolute atomic E-state index is 12.4. The number of nitrogens with zero attached hydrogens (tertiary/aromatic N) is 1. The molecule has 0 atom stereocenters. The molecule has 1 aliphatic carbocycles. The first kappa shape index (κ1) is 21.0. The number of nitrogens with one attached hydrogen (secondary N) is 3. The summed E-state index contributed by atoms with van der Waals surface area (Å²) < 4.78 is 5.24. The van der Waals surface area contributed by atoms with Crippen molar-refractivity contribution in [1.82, 2.24) is 10.2 Å². The first-order valence-corrected chi connectivity index (χ1v) is 9.62. The van der Waals surface area contributed by atoms with Crippen molar-refractivity contribution in [3.8, 4) is 5.75 Å². The van der Waals surface area contributed by atoms with Crippen LogP contribution in [0.4, 0.5) is 16.2 Å². The van der Waals surface area contributed by atoms with Gasteiger partial charge in [-0.15, -0.1) is 0 Å². The van der Waals surface area contributed by atoms with Gasteiger partial charge in [0.2, 0.25) is 5.91 Å². The maximum atomic E-state index is 12.4. The van der Waals surface area contributed by atoms with Gasteiger partial charge in [-0.05, 0) is 44.6 Å². The van der Waals surface area contributed by atoms with Gasteiger partial charge in [-0.2, -0.15) is 0 Å². The zero-order valence-corrected chi connectivity index (χ0v) is 16.9. The van der Waals surface area contributed by atoms with E-state index in [4.69, 9.17) is 4.74 Å². The van der Waals surface area contributed by atoms with Crippen LogP contribution in [0.15, 0.2) is 18.2 Å². The largest absolute Gasteiger partial charge is 0.495 e. The lowest BCUT2D eigenvalue weighted by Gasteiger charge is -2.44. The number of ether oxygens (including phenoxy) is 1. The van der Waals surface area contributed by atoms with E-state index < -0.39 is 0 Å². The highest BCUT2D eigenvalue weighted by atomic mass is 16.5. The van der Waals surface area contributed by atoms with E-state index >= 15 is 0 Å². The van der Waals surface area contributed by atoms with Crippen molar-refractivity contribution in [3.05, 3.63) is 18.2 Å². The van der Waals surface area contributed by atoms with E-state index in [2.05, 4.69) is 34.8 Å². The number of anilines is 2. The van der Waals surface area contributed by atoms with Crippen molar-refractivity contribution in [2.24, 2.45) is 0 Å². The van der Waals surface area contributed by atoms with Crippen LogP contribution in [0.3, 0.4) is 0 Å². The van der Waals surface area contributed by atoms with Gasteiger partial charge >= 0.3 is 6.03 Å². The van der Waals surface area contributed by atoms with Crippen LogP contribution in [0.25, 0.3) is 0 Å². The Morgan fingerprint density at radius 1 is 1.19 bits per heavy atom. The number of likely N-dealkylation sites (N-methyl/N-ethyl adjacent to an activating group) is 1. The van der Waals surface area contributed by atoms with E-state index in [-0.39, 0.29) is 17.5 Å².